The second-order valence-electron chi connectivity index (χ2n) is 7.16. The van der Waals surface area contributed by atoms with E-state index in [-0.39, 0.29) is 28.0 Å². The average molecular weight is 381 g/mol. The zero-order chi connectivity index (χ0) is 19.0. The minimum atomic E-state index is -0.270. The highest BCUT2D eigenvalue weighted by molar-refractivity contribution is 8.14. The standard InChI is InChI=1S/C22H36O3S/c1-2-3-4-5-6-7-8-9-10-11-12-13-14-15-16-17-19(23)21-20(24)18-26-22(21)25/h12-13,24H,2-11,14-18H2,1H3/b13-12-. The first kappa shape index (κ1) is 23.0. The first-order valence-electron chi connectivity index (χ1n) is 10.4. The van der Waals surface area contributed by atoms with Crippen LogP contribution >= 0.6 is 11.8 Å². The zero-order valence-electron chi connectivity index (χ0n) is 16.4. The monoisotopic (exact) mass is 380 g/mol. The molecule has 0 unspecified atom stereocenters. The highest BCUT2D eigenvalue weighted by atomic mass is 32.2. The van der Waals surface area contributed by atoms with Crippen LogP contribution in [0.1, 0.15) is 96.8 Å². The lowest BCUT2D eigenvalue weighted by molar-refractivity contribution is -0.118. The molecule has 0 aromatic heterocycles. The van der Waals surface area contributed by atoms with Crippen molar-refractivity contribution in [3.63, 3.8) is 0 Å². The molecule has 148 valence electrons. The van der Waals surface area contributed by atoms with Crippen molar-refractivity contribution in [2.24, 2.45) is 0 Å². The van der Waals surface area contributed by atoms with Crippen molar-refractivity contribution in [3.8, 4) is 0 Å². The molecule has 0 saturated carbocycles. The number of aliphatic hydroxyl groups excluding tert-OH is 1. The highest BCUT2D eigenvalue weighted by Crippen LogP contribution is 2.26. The summed E-state index contributed by atoms with van der Waals surface area (Å²) in [6, 6.07) is 0. The lowest BCUT2D eigenvalue weighted by atomic mass is 10.0. The van der Waals surface area contributed by atoms with Crippen LogP contribution in [0, 0.1) is 0 Å². The fraction of sp³-hybridized carbons (Fsp3) is 0.727. The first-order valence-corrected chi connectivity index (χ1v) is 11.4. The summed E-state index contributed by atoms with van der Waals surface area (Å²) in [5.74, 6) is 0.0173. The van der Waals surface area contributed by atoms with Crippen molar-refractivity contribution >= 4 is 22.7 Å². The summed E-state index contributed by atoms with van der Waals surface area (Å²) in [4.78, 5) is 23.4. The van der Waals surface area contributed by atoms with E-state index in [1.807, 2.05) is 0 Å². The maximum absolute atomic E-state index is 11.9. The Morgan fingerprint density at radius 2 is 1.46 bits per heavy atom. The Morgan fingerprint density at radius 1 is 0.923 bits per heavy atom. The van der Waals surface area contributed by atoms with Gasteiger partial charge in [-0.05, 0) is 32.1 Å². The van der Waals surface area contributed by atoms with E-state index in [0.29, 0.717) is 6.42 Å². The number of hydrogen-bond acceptors (Lipinski definition) is 4. The molecule has 0 spiro atoms. The molecule has 0 amide bonds. The predicted octanol–water partition coefficient (Wildman–Crippen LogP) is 6.68. The lowest BCUT2D eigenvalue weighted by Crippen LogP contribution is -2.08. The molecule has 0 atom stereocenters. The summed E-state index contributed by atoms with van der Waals surface area (Å²) >= 11 is 1.01. The van der Waals surface area contributed by atoms with Crippen LogP contribution in [-0.4, -0.2) is 21.8 Å². The summed E-state index contributed by atoms with van der Waals surface area (Å²) in [6.07, 6.45) is 21.0. The van der Waals surface area contributed by atoms with Gasteiger partial charge < -0.3 is 5.11 Å². The summed E-state index contributed by atoms with van der Waals surface area (Å²) < 4.78 is 0. The molecule has 1 aliphatic rings. The number of allylic oxidation sites excluding steroid dienone is 2. The van der Waals surface area contributed by atoms with Crippen LogP contribution in [0.15, 0.2) is 23.5 Å². The third-order valence-corrected chi connectivity index (χ3v) is 5.66. The van der Waals surface area contributed by atoms with Gasteiger partial charge >= 0.3 is 0 Å². The lowest BCUT2D eigenvalue weighted by Gasteiger charge is -2.01. The molecule has 0 saturated heterocycles. The third kappa shape index (κ3) is 10.2. The molecule has 3 nitrogen and oxygen atoms in total. The number of thioether (sulfide) groups is 1. The molecular formula is C22H36O3S. The Morgan fingerprint density at radius 3 is 2.00 bits per heavy atom. The van der Waals surface area contributed by atoms with Gasteiger partial charge in [-0.25, -0.2) is 0 Å². The van der Waals surface area contributed by atoms with Crippen LogP contribution in [0.25, 0.3) is 0 Å². The van der Waals surface area contributed by atoms with Crippen LogP contribution < -0.4 is 0 Å². The van der Waals surface area contributed by atoms with E-state index in [2.05, 4.69) is 19.1 Å². The van der Waals surface area contributed by atoms with Crippen molar-refractivity contribution < 1.29 is 14.7 Å². The molecule has 1 aliphatic heterocycles. The van der Waals surface area contributed by atoms with E-state index in [0.717, 1.165) is 37.4 Å². The molecule has 0 aromatic carbocycles. The second kappa shape index (κ2) is 15.1. The number of hydrogen-bond donors (Lipinski definition) is 1. The van der Waals surface area contributed by atoms with Gasteiger partial charge in [-0.15, -0.1) is 0 Å². The molecule has 1 N–H and O–H groups in total. The predicted molar refractivity (Wildman–Crippen MR) is 112 cm³/mol. The molecular weight excluding hydrogens is 344 g/mol. The number of rotatable bonds is 16. The molecule has 26 heavy (non-hydrogen) atoms. The molecule has 4 heteroatoms. The number of ketones is 1. The zero-order valence-corrected chi connectivity index (χ0v) is 17.2. The van der Waals surface area contributed by atoms with Gasteiger partial charge in [0.05, 0.1) is 5.75 Å². The van der Waals surface area contributed by atoms with Crippen molar-refractivity contribution in [3.05, 3.63) is 23.5 Å². The van der Waals surface area contributed by atoms with Gasteiger partial charge in [-0.2, -0.15) is 0 Å². The summed E-state index contributed by atoms with van der Waals surface area (Å²) in [5.41, 5.74) is 0.0379. The van der Waals surface area contributed by atoms with Crippen LogP contribution in [0.2, 0.25) is 0 Å². The van der Waals surface area contributed by atoms with Crippen LogP contribution in [0.5, 0.6) is 0 Å². The molecule has 0 aliphatic carbocycles. The van der Waals surface area contributed by atoms with Gasteiger partial charge in [0.2, 0.25) is 5.12 Å². The normalized spacial score (nSPS) is 14.7. The molecule has 0 bridgehead atoms. The fourth-order valence-corrected chi connectivity index (χ4v) is 3.94. The summed E-state index contributed by atoms with van der Waals surface area (Å²) in [6.45, 7) is 2.26. The van der Waals surface area contributed by atoms with Crippen molar-refractivity contribution in [2.45, 2.75) is 96.8 Å². The number of aliphatic hydroxyl groups is 1. The maximum Gasteiger partial charge on any atom is 0.226 e. The molecule has 0 aromatic rings. The largest absolute Gasteiger partial charge is 0.510 e. The summed E-state index contributed by atoms with van der Waals surface area (Å²) in [5, 5.41) is 9.29. The van der Waals surface area contributed by atoms with Crippen molar-refractivity contribution in [2.75, 3.05) is 5.75 Å². The minimum Gasteiger partial charge on any atom is -0.510 e. The van der Waals surface area contributed by atoms with Crippen LogP contribution in [0.3, 0.4) is 0 Å². The van der Waals surface area contributed by atoms with E-state index in [9.17, 15) is 14.7 Å². The maximum atomic E-state index is 11.9. The second-order valence-corrected chi connectivity index (χ2v) is 8.10. The van der Waals surface area contributed by atoms with E-state index in [1.165, 1.54) is 57.8 Å². The highest BCUT2D eigenvalue weighted by Gasteiger charge is 2.28. The fourth-order valence-electron chi connectivity index (χ4n) is 3.15. The number of carbonyl (C=O) groups excluding carboxylic acids is 2. The Kier molecular flexibility index (Phi) is 13.3. The van der Waals surface area contributed by atoms with Crippen molar-refractivity contribution in [1.82, 2.24) is 0 Å². The van der Waals surface area contributed by atoms with Gasteiger partial charge in [-0.3, -0.25) is 9.59 Å². The van der Waals surface area contributed by atoms with E-state index < -0.39 is 0 Å². The third-order valence-electron chi connectivity index (χ3n) is 4.78. The Balaban J connectivity index is 1.90. The molecule has 1 heterocycles. The first-order chi connectivity index (χ1) is 12.7. The minimum absolute atomic E-state index is 0.0362. The summed E-state index contributed by atoms with van der Waals surface area (Å²) in [7, 11) is 0. The SMILES string of the molecule is CCCCCCCCCCC/C=C\CCCCC(=O)C1=C(O)CSC1=O. The Bertz CT molecular complexity index is 480. The van der Waals surface area contributed by atoms with Gasteiger partial charge in [-0.1, -0.05) is 82.2 Å². The van der Waals surface area contributed by atoms with Gasteiger partial charge in [0.15, 0.2) is 5.78 Å². The van der Waals surface area contributed by atoms with Gasteiger partial charge in [0.25, 0.3) is 0 Å². The number of unbranched alkanes of at least 4 members (excludes halogenated alkanes) is 11. The molecule has 0 fully saturated rings. The Hall–Kier alpha value is -1.03. The van der Waals surface area contributed by atoms with Crippen LogP contribution in [-0.2, 0) is 9.59 Å². The average Bonchev–Trinajstić information content (AvgIpc) is 2.96. The number of Topliss-reactive ketones (excluding diaryl/α,β-unsaturated/α-hetero) is 1. The molecule has 0 radical (unpaired) electrons. The smallest absolute Gasteiger partial charge is 0.226 e. The van der Waals surface area contributed by atoms with E-state index >= 15 is 0 Å². The van der Waals surface area contributed by atoms with Crippen LogP contribution in [0.4, 0.5) is 0 Å². The topological polar surface area (TPSA) is 54.4 Å². The van der Waals surface area contributed by atoms with E-state index in [4.69, 9.17) is 0 Å². The number of carbonyl (C=O) groups is 2. The van der Waals surface area contributed by atoms with Gasteiger partial charge in [0.1, 0.15) is 11.3 Å². The molecule has 1 rings (SSSR count). The van der Waals surface area contributed by atoms with E-state index in [1.54, 1.807) is 0 Å². The van der Waals surface area contributed by atoms with Gasteiger partial charge in [0, 0.05) is 6.42 Å². The van der Waals surface area contributed by atoms with Crippen molar-refractivity contribution in [1.29, 1.82) is 0 Å². The Labute approximate surface area is 163 Å². The quantitative estimate of drug-likeness (QED) is 0.184.